The van der Waals surface area contributed by atoms with Gasteiger partial charge in [0.1, 0.15) is 0 Å². The molecule has 3 rings (SSSR count). The molecule has 0 amide bonds. The lowest BCUT2D eigenvalue weighted by atomic mass is 10.1. The Morgan fingerprint density at radius 1 is 1.21 bits per heavy atom. The average Bonchev–Trinajstić information content (AvgIpc) is 2.90. The maximum Gasteiger partial charge on any atom is 0.363 e. The molecular formula is C17H11IN2O4. The van der Waals surface area contributed by atoms with Crippen molar-refractivity contribution in [3.8, 4) is 0 Å². The van der Waals surface area contributed by atoms with E-state index >= 15 is 0 Å². The minimum atomic E-state index is -0.574. The number of carbonyl (C=O) groups is 1. The van der Waals surface area contributed by atoms with E-state index in [9.17, 15) is 14.9 Å². The summed E-state index contributed by atoms with van der Waals surface area (Å²) in [5.41, 5.74) is 1.82. The molecule has 0 fully saturated rings. The Kier molecular flexibility index (Phi) is 4.43. The molecule has 0 spiro atoms. The summed E-state index contributed by atoms with van der Waals surface area (Å²) < 4.78 is 6.18. The second-order valence-corrected chi connectivity index (χ2v) is 6.23. The zero-order valence-corrected chi connectivity index (χ0v) is 14.7. The van der Waals surface area contributed by atoms with E-state index in [1.807, 2.05) is 24.3 Å². The highest BCUT2D eigenvalue weighted by molar-refractivity contribution is 14.1. The lowest BCUT2D eigenvalue weighted by Crippen LogP contribution is -2.08. The molecule has 7 heteroatoms. The van der Waals surface area contributed by atoms with Gasteiger partial charge in [-0.25, -0.2) is 9.79 Å². The third kappa shape index (κ3) is 3.07. The van der Waals surface area contributed by atoms with Gasteiger partial charge in [0.15, 0.2) is 5.70 Å². The molecule has 0 aromatic heterocycles. The zero-order valence-electron chi connectivity index (χ0n) is 12.5. The van der Waals surface area contributed by atoms with Crippen LogP contribution < -0.4 is 0 Å². The van der Waals surface area contributed by atoms with Crippen LogP contribution in [0.25, 0.3) is 6.08 Å². The van der Waals surface area contributed by atoms with Crippen LogP contribution in [0.3, 0.4) is 0 Å². The number of aliphatic imine (C=N–C) groups is 1. The molecule has 0 saturated carbocycles. The number of hydrogen-bond donors (Lipinski definition) is 0. The predicted octanol–water partition coefficient (Wildman–Crippen LogP) is 3.85. The smallest absolute Gasteiger partial charge is 0.363 e. The van der Waals surface area contributed by atoms with Crippen molar-refractivity contribution in [1.82, 2.24) is 0 Å². The molecule has 6 nitrogen and oxygen atoms in total. The first-order valence-electron chi connectivity index (χ1n) is 6.99. The molecule has 24 heavy (non-hydrogen) atoms. The van der Waals surface area contributed by atoms with Crippen molar-refractivity contribution in [3.05, 3.63) is 78.5 Å². The summed E-state index contributed by atoms with van der Waals surface area (Å²) in [5, 5.41) is 11.0. The van der Waals surface area contributed by atoms with E-state index in [1.165, 1.54) is 6.07 Å². The summed E-state index contributed by atoms with van der Waals surface area (Å²) >= 11 is 2.17. The number of rotatable bonds is 3. The normalized spacial score (nSPS) is 15.3. The molecule has 2 aromatic carbocycles. The zero-order chi connectivity index (χ0) is 17.3. The van der Waals surface area contributed by atoms with Crippen molar-refractivity contribution in [3.63, 3.8) is 0 Å². The number of esters is 1. The van der Waals surface area contributed by atoms with Gasteiger partial charge in [-0.2, -0.15) is 0 Å². The number of nitrogens with zero attached hydrogens (tertiary/aromatic N) is 2. The van der Waals surface area contributed by atoms with Crippen LogP contribution >= 0.6 is 22.6 Å². The number of cyclic esters (lactones) is 1. The molecule has 0 saturated heterocycles. The summed E-state index contributed by atoms with van der Waals surface area (Å²) in [5.74, 6) is -0.492. The first-order chi connectivity index (χ1) is 11.5. The van der Waals surface area contributed by atoms with Crippen LogP contribution in [0.15, 0.2) is 53.2 Å². The fraction of sp³-hybridized carbons (Fsp3) is 0.0588. The third-order valence-corrected chi connectivity index (χ3v) is 4.53. The van der Waals surface area contributed by atoms with Crippen molar-refractivity contribution < 1.29 is 14.5 Å². The Morgan fingerprint density at radius 2 is 1.96 bits per heavy atom. The van der Waals surface area contributed by atoms with Gasteiger partial charge in [0.2, 0.25) is 5.90 Å². The average molecular weight is 434 g/mol. The van der Waals surface area contributed by atoms with E-state index in [2.05, 4.69) is 27.6 Å². The van der Waals surface area contributed by atoms with Crippen LogP contribution in [0.4, 0.5) is 5.69 Å². The van der Waals surface area contributed by atoms with E-state index in [4.69, 9.17) is 4.74 Å². The lowest BCUT2D eigenvalue weighted by Gasteiger charge is -2.04. The molecule has 0 atom stereocenters. The van der Waals surface area contributed by atoms with E-state index in [-0.39, 0.29) is 17.3 Å². The van der Waals surface area contributed by atoms with Crippen molar-refractivity contribution in [2.45, 2.75) is 6.92 Å². The standard InChI is InChI=1S/C17H11IN2O4/c1-10-12(6-4-8-15(10)20(22)23)16-19-14(17(21)24-16)9-11-5-2-3-7-13(11)18/h2-9H,1H3/b14-9-. The quantitative estimate of drug-likeness (QED) is 0.242. The summed E-state index contributed by atoms with van der Waals surface area (Å²) in [6, 6.07) is 12.1. The number of nitro groups is 1. The highest BCUT2D eigenvalue weighted by Gasteiger charge is 2.27. The van der Waals surface area contributed by atoms with Gasteiger partial charge in [0.25, 0.3) is 5.69 Å². The number of benzene rings is 2. The van der Waals surface area contributed by atoms with Crippen LogP contribution in [0.1, 0.15) is 16.7 Å². The molecule has 0 bridgehead atoms. The van der Waals surface area contributed by atoms with Crippen molar-refractivity contribution in [1.29, 1.82) is 0 Å². The van der Waals surface area contributed by atoms with Crippen LogP contribution in [-0.4, -0.2) is 16.8 Å². The van der Waals surface area contributed by atoms with Gasteiger partial charge in [-0.15, -0.1) is 0 Å². The number of carbonyl (C=O) groups excluding carboxylic acids is 1. The molecule has 2 aromatic rings. The molecule has 0 N–H and O–H groups in total. The second-order valence-electron chi connectivity index (χ2n) is 5.06. The van der Waals surface area contributed by atoms with Gasteiger partial charge in [-0.1, -0.05) is 24.3 Å². The molecule has 0 unspecified atom stereocenters. The predicted molar refractivity (Wildman–Crippen MR) is 97.6 cm³/mol. The topological polar surface area (TPSA) is 81.8 Å². The Balaban J connectivity index is 2.03. The maximum atomic E-state index is 12.1. The van der Waals surface area contributed by atoms with Gasteiger partial charge < -0.3 is 4.74 Å². The number of hydrogen-bond acceptors (Lipinski definition) is 5. The Bertz CT molecular complexity index is 919. The van der Waals surface area contributed by atoms with Crippen molar-refractivity contribution >= 4 is 46.2 Å². The summed E-state index contributed by atoms with van der Waals surface area (Å²) in [6.45, 7) is 1.60. The first-order valence-corrected chi connectivity index (χ1v) is 8.06. The van der Waals surface area contributed by atoms with E-state index < -0.39 is 10.9 Å². The van der Waals surface area contributed by atoms with Gasteiger partial charge in [-0.05, 0) is 53.3 Å². The van der Waals surface area contributed by atoms with Crippen LogP contribution in [0, 0.1) is 20.6 Å². The van der Waals surface area contributed by atoms with Crippen LogP contribution in [0.5, 0.6) is 0 Å². The van der Waals surface area contributed by atoms with E-state index in [0.717, 1.165) is 9.13 Å². The van der Waals surface area contributed by atoms with Gasteiger partial charge in [0.05, 0.1) is 4.92 Å². The molecule has 1 heterocycles. The minimum absolute atomic E-state index is 0.0405. The maximum absolute atomic E-state index is 12.1. The lowest BCUT2D eigenvalue weighted by molar-refractivity contribution is -0.385. The van der Waals surface area contributed by atoms with E-state index in [0.29, 0.717) is 11.1 Å². The molecule has 0 aliphatic carbocycles. The summed E-state index contributed by atoms with van der Waals surface area (Å²) in [6.07, 6.45) is 1.64. The van der Waals surface area contributed by atoms with Crippen molar-refractivity contribution in [2.24, 2.45) is 4.99 Å². The molecule has 120 valence electrons. The van der Waals surface area contributed by atoms with Crippen molar-refractivity contribution in [2.75, 3.05) is 0 Å². The second kappa shape index (κ2) is 6.52. The molecule has 1 aliphatic heterocycles. The Hall–Kier alpha value is -2.55. The summed E-state index contributed by atoms with van der Waals surface area (Å²) in [4.78, 5) is 26.8. The Morgan fingerprint density at radius 3 is 2.67 bits per heavy atom. The highest BCUT2D eigenvalue weighted by Crippen LogP contribution is 2.26. The highest BCUT2D eigenvalue weighted by atomic mass is 127. The fourth-order valence-electron chi connectivity index (χ4n) is 2.32. The monoisotopic (exact) mass is 434 g/mol. The van der Waals surface area contributed by atoms with Crippen LogP contribution in [0.2, 0.25) is 0 Å². The third-order valence-electron chi connectivity index (χ3n) is 3.55. The molecule has 1 aliphatic rings. The van der Waals surface area contributed by atoms with Gasteiger partial charge >= 0.3 is 5.97 Å². The van der Waals surface area contributed by atoms with Gasteiger partial charge in [0, 0.05) is 20.8 Å². The number of halogens is 1. The largest absolute Gasteiger partial charge is 0.402 e. The van der Waals surface area contributed by atoms with E-state index in [1.54, 1.807) is 25.1 Å². The van der Waals surface area contributed by atoms with Crippen LogP contribution in [-0.2, 0) is 9.53 Å². The SMILES string of the molecule is Cc1c(C2=N/C(=C\c3ccccc3I)C(=O)O2)cccc1[N+](=O)[O-]. The number of ether oxygens (including phenoxy) is 1. The fourth-order valence-corrected chi connectivity index (χ4v) is 2.86. The summed E-state index contributed by atoms with van der Waals surface area (Å²) in [7, 11) is 0. The molecular weight excluding hydrogens is 423 g/mol. The Labute approximate surface area is 151 Å². The minimum Gasteiger partial charge on any atom is -0.402 e. The number of nitro benzene ring substituents is 1. The first kappa shape index (κ1) is 16.3. The molecule has 0 radical (unpaired) electrons. The van der Waals surface area contributed by atoms with Gasteiger partial charge in [-0.3, -0.25) is 10.1 Å².